The van der Waals surface area contributed by atoms with E-state index in [1.165, 1.54) is 5.69 Å². The highest BCUT2D eigenvalue weighted by Crippen LogP contribution is 2.05. The molecule has 78 valence electrons. The van der Waals surface area contributed by atoms with Crippen LogP contribution >= 0.6 is 0 Å². The summed E-state index contributed by atoms with van der Waals surface area (Å²) in [7, 11) is 1.99. The number of rotatable bonds is 3. The molecule has 1 saturated heterocycles. The molecule has 1 atom stereocenters. The minimum atomic E-state index is 0.513. The van der Waals surface area contributed by atoms with Crippen LogP contribution in [0.4, 0.5) is 0 Å². The van der Waals surface area contributed by atoms with Crippen LogP contribution in [0.15, 0.2) is 12.3 Å². The Kier molecular flexibility index (Phi) is 3.16. The normalized spacial score (nSPS) is 22.5. The van der Waals surface area contributed by atoms with Crippen molar-refractivity contribution in [2.24, 2.45) is 7.05 Å². The molecule has 1 aromatic heterocycles. The largest absolute Gasteiger partial charge is 0.379 e. The zero-order chi connectivity index (χ0) is 9.80. The first-order valence-electron chi connectivity index (χ1n) is 5.14. The molecular formula is C10H17N3O. The van der Waals surface area contributed by atoms with E-state index in [-0.39, 0.29) is 0 Å². The molecule has 0 aliphatic carbocycles. The van der Waals surface area contributed by atoms with Crippen LogP contribution in [0.2, 0.25) is 0 Å². The second-order valence-corrected chi connectivity index (χ2v) is 3.71. The summed E-state index contributed by atoms with van der Waals surface area (Å²) in [6, 6.07) is 2.59. The van der Waals surface area contributed by atoms with Gasteiger partial charge in [-0.15, -0.1) is 0 Å². The Morgan fingerprint density at radius 2 is 2.64 bits per heavy atom. The van der Waals surface area contributed by atoms with Crippen molar-refractivity contribution >= 4 is 0 Å². The van der Waals surface area contributed by atoms with Gasteiger partial charge in [-0.05, 0) is 18.9 Å². The minimum absolute atomic E-state index is 0.513. The lowest BCUT2D eigenvalue weighted by molar-refractivity contribution is 0.0742. The lowest BCUT2D eigenvalue weighted by Gasteiger charge is -2.23. The molecule has 4 heteroatoms. The first kappa shape index (κ1) is 9.68. The van der Waals surface area contributed by atoms with Crippen LogP contribution in [0, 0.1) is 0 Å². The molecule has 1 unspecified atom stereocenters. The summed E-state index contributed by atoms with van der Waals surface area (Å²) in [5.74, 6) is 0. The molecule has 0 amide bonds. The molecule has 0 radical (unpaired) electrons. The van der Waals surface area contributed by atoms with Gasteiger partial charge in [-0.3, -0.25) is 4.68 Å². The SMILES string of the molecule is Cn1nccc1CCC1COCCN1. The molecule has 14 heavy (non-hydrogen) atoms. The Morgan fingerprint density at radius 3 is 3.29 bits per heavy atom. The first-order valence-corrected chi connectivity index (χ1v) is 5.14. The number of morpholine rings is 1. The van der Waals surface area contributed by atoms with Crippen LogP contribution in [0.3, 0.4) is 0 Å². The highest BCUT2D eigenvalue weighted by molar-refractivity contribution is 5.00. The molecule has 2 heterocycles. The van der Waals surface area contributed by atoms with E-state index < -0.39 is 0 Å². The smallest absolute Gasteiger partial charge is 0.0620 e. The zero-order valence-corrected chi connectivity index (χ0v) is 8.57. The maximum Gasteiger partial charge on any atom is 0.0620 e. The highest BCUT2D eigenvalue weighted by Gasteiger charge is 2.13. The summed E-state index contributed by atoms with van der Waals surface area (Å²) in [4.78, 5) is 0. The Bertz CT molecular complexity index is 279. The van der Waals surface area contributed by atoms with Crippen molar-refractivity contribution in [3.63, 3.8) is 0 Å². The van der Waals surface area contributed by atoms with Gasteiger partial charge in [0.15, 0.2) is 0 Å². The molecule has 4 nitrogen and oxygen atoms in total. The minimum Gasteiger partial charge on any atom is -0.379 e. The zero-order valence-electron chi connectivity index (χ0n) is 8.57. The van der Waals surface area contributed by atoms with Gasteiger partial charge in [-0.1, -0.05) is 0 Å². The number of hydrogen-bond acceptors (Lipinski definition) is 3. The van der Waals surface area contributed by atoms with Crippen LogP contribution in [-0.2, 0) is 18.2 Å². The number of hydrogen-bond donors (Lipinski definition) is 1. The molecule has 1 aromatic rings. The van der Waals surface area contributed by atoms with E-state index in [1.54, 1.807) is 0 Å². The van der Waals surface area contributed by atoms with E-state index >= 15 is 0 Å². The monoisotopic (exact) mass is 195 g/mol. The second-order valence-electron chi connectivity index (χ2n) is 3.71. The highest BCUT2D eigenvalue weighted by atomic mass is 16.5. The second kappa shape index (κ2) is 4.57. The van der Waals surface area contributed by atoms with Gasteiger partial charge in [0.1, 0.15) is 0 Å². The van der Waals surface area contributed by atoms with Crippen molar-refractivity contribution in [2.45, 2.75) is 18.9 Å². The standard InChI is InChI=1S/C10H17N3O/c1-13-10(4-5-12-13)3-2-9-8-14-7-6-11-9/h4-5,9,11H,2-3,6-8H2,1H3. The molecule has 0 saturated carbocycles. The van der Waals surface area contributed by atoms with E-state index in [9.17, 15) is 0 Å². The Labute approximate surface area is 84.3 Å². The Hall–Kier alpha value is -0.870. The number of nitrogens with one attached hydrogen (secondary N) is 1. The van der Waals surface area contributed by atoms with Gasteiger partial charge in [0, 0.05) is 31.5 Å². The third-order valence-electron chi connectivity index (χ3n) is 2.67. The molecule has 0 aromatic carbocycles. The van der Waals surface area contributed by atoms with Gasteiger partial charge in [-0.2, -0.15) is 5.10 Å². The fourth-order valence-electron chi connectivity index (χ4n) is 1.77. The third-order valence-corrected chi connectivity index (χ3v) is 2.67. The van der Waals surface area contributed by atoms with Crippen LogP contribution in [0.25, 0.3) is 0 Å². The van der Waals surface area contributed by atoms with E-state index in [4.69, 9.17) is 4.74 Å². The van der Waals surface area contributed by atoms with Crippen molar-refractivity contribution in [3.05, 3.63) is 18.0 Å². The molecule has 0 spiro atoms. The molecule has 2 rings (SSSR count). The van der Waals surface area contributed by atoms with Crippen molar-refractivity contribution in [2.75, 3.05) is 19.8 Å². The molecule has 1 aliphatic rings. The van der Waals surface area contributed by atoms with Crippen LogP contribution in [0.1, 0.15) is 12.1 Å². The maximum atomic E-state index is 5.40. The van der Waals surface area contributed by atoms with Gasteiger partial charge in [0.25, 0.3) is 0 Å². The molecule has 1 N–H and O–H groups in total. The summed E-state index contributed by atoms with van der Waals surface area (Å²) >= 11 is 0. The Morgan fingerprint density at radius 1 is 1.71 bits per heavy atom. The van der Waals surface area contributed by atoms with Gasteiger partial charge in [0.2, 0.25) is 0 Å². The number of aryl methyl sites for hydroxylation is 2. The van der Waals surface area contributed by atoms with Crippen molar-refractivity contribution in [1.82, 2.24) is 15.1 Å². The van der Waals surface area contributed by atoms with Crippen LogP contribution < -0.4 is 5.32 Å². The quantitative estimate of drug-likeness (QED) is 0.756. The van der Waals surface area contributed by atoms with E-state index in [0.29, 0.717) is 6.04 Å². The summed E-state index contributed by atoms with van der Waals surface area (Å²) in [5.41, 5.74) is 1.29. The number of ether oxygens (including phenoxy) is 1. The molecule has 0 bridgehead atoms. The van der Waals surface area contributed by atoms with Gasteiger partial charge >= 0.3 is 0 Å². The van der Waals surface area contributed by atoms with E-state index in [0.717, 1.165) is 32.6 Å². The van der Waals surface area contributed by atoms with Crippen LogP contribution in [0.5, 0.6) is 0 Å². The number of aromatic nitrogens is 2. The maximum absolute atomic E-state index is 5.40. The fraction of sp³-hybridized carbons (Fsp3) is 0.700. The predicted octanol–water partition coefficient (Wildman–Crippen LogP) is 0.341. The molecule has 1 fully saturated rings. The topological polar surface area (TPSA) is 39.1 Å². The Balaban J connectivity index is 1.79. The van der Waals surface area contributed by atoms with Gasteiger partial charge < -0.3 is 10.1 Å². The third kappa shape index (κ3) is 2.33. The number of nitrogens with zero attached hydrogens (tertiary/aromatic N) is 2. The summed E-state index contributed by atoms with van der Waals surface area (Å²) in [6.07, 6.45) is 4.04. The van der Waals surface area contributed by atoms with E-state index in [2.05, 4.69) is 16.5 Å². The van der Waals surface area contributed by atoms with Crippen molar-refractivity contribution in [3.8, 4) is 0 Å². The lowest BCUT2D eigenvalue weighted by Crippen LogP contribution is -2.41. The van der Waals surface area contributed by atoms with Crippen molar-refractivity contribution < 1.29 is 4.74 Å². The van der Waals surface area contributed by atoms with E-state index in [1.807, 2.05) is 17.9 Å². The van der Waals surface area contributed by atoms with Crippen molar-refractivity contribution in [1.29, 1.82) is 0 Å². The fourth-order valence-corrected chi connectivity index (χ4v) is 1.77. The summed E-state index contributed by atoms with van der Waals surface area (Å²) < 4.78 is 7.33. The first-order chi connectivity index (χ1) is 6.86. The predicted molar refractivity (Wildman–Crippen MR) is 54.1 cm³/mol. The molecule has 1 aliphatic heterocycles. The van der Waals surface area contributed by atoms with Gasteiger partial charge in [-0.25, -0.2) is 0 Å². The van der Waals surface area contributed by atoms with Gasteiger partial charge in [0.05, 0.1) is 13.2 Å². The summed E-state index contributed by atoms with van der Waals surface area (Å²) in [6.45, 7) is 2.68. The summed E-state index contributed by atoms with van der Waals surface area (Å²) in [5, 5.41) is 7.59. The average Bonchev–Trinajstić information content (AvgIpc) is 2.63. The molecular weight excluding hydrogens is 178 g/mol. The lowest BCUT2D eigenvalue weighted by atomic mass is 10.1. The average molecular weight is 195 g/mol. The van der Waals surface area contributed by atoms with Crippen LogP contribution in [-0.4, -0.2) is 35.6 Å².